The second-order valence-corrected chi connectivity index (χ2v) is 4.00. The number of para-hydroxylation sites is 1. The van der Waals surface area contributed by atoms with Crippen molar-refractivity contribution in [1.29, 1.82) is 0 Å². The molecule has 0 radical (unpaired) electrons. The second-order valence-electron chi connectivity index (χ2n) is 4.00. The Bertz CT molecular complexity index is 482. The Morgan fingerprint density at radius 3 is 2.94 bits per heavy atom. The van der Waals surface area contributed by atoms with Crippen LogP contribution >= 0.6 is 0 Å². The van der Waals surface area contributed by atoms with Crippen LogP contribution in [-0.4, -0.2) is 24.9 Å². The molecule has 0 saturated carbocycles. The van der Waals surface area contributed by atoms with Gasteiger partial charge in [0.2, 0.25) is 11.8 Å². The zero-order chi connectivity index (χ0) is 12.4. The smallest absolute Gasteiger partial charge is 0.249 e. The van der Waals surface area contributed by atoms with Crippen LogP contribution in [-0.2, 0) is 16.0 Å². The molecule has 1 aromatic carbocycles. The van der Waals surface area contributed by atoms with E-state index in [2.05, 4.69) is 11.9 Å². The first-order valence-corrected chi connectivity index (χ1v) is 5.42. The maximum absolute atomic E-state index is 12.0. The number of rotatable bonds is 2. The fourth-order valence-corrected chi connectivity index (χ4v) is 2.01. The highest BCUT2D eigenvalue weighted by atomic mass is 16.2. The van der Waals surface area contributed by atoms with Crippen molar-refractivity contribution < 1.29 is 9.59 Å². The summed E-state index contributed by atoms with van der Waals surface area (Å²) in [4.78, 5) is 24.8. The minimum absolute atomic E-state index is 0.0982. The third-order valence-electron chi connectivity index (χ3n) is 2.91. The lowest BCUT2D eigenvalue weighted by molar-refractivity contribution is -0.125. The van der Waals surface area contributed by atoms with Crippen LogP contribution in [0.1, 0.15) is 5.56 Å². The lowest BCUT2D eigenvalue weighted by Crippen LogP contribution is -2.51. The number of hydrogen-bond donors (Lipinski definition) is 1. The first kappa shape index (κ1) is 11.4. The Kier molecular flexibility index (Phi) is 2.95. The number of nitrogens with zero attached hydrogens (tertiary/aromatic N) is 1. The number of hydrogen-bond acceptors (Lipinski definition) is 2. The Balaban J connectivity index is 2.27. The largest absolute Gasteiger partial charge is 0.340 e. The van der Waals surface area contributed by atoms with Crippen molar-refractivity contribution in [3.05, 3.63) is 42.5 Å². The van der Waals surface area contributed by atoms with Crippen LogP contribution in [0.2, 0.25) is 0 Å². The molecule has 0 fully saturated rings. The van der Waals surface area contributed by atoms with Crippen LogP contribution in [0.25, 0.3) is 0 Å². The summed E-state index contributed by atoms with van der Waals surface area (Å²) in [5, 5.41) is 2.64. The number of likely N-dealkylation sites (N-methyl/N-ethyl adjacent to an activating group) is 1. The molecule has 1 atom stereocenters. The molecule has 1 aromatic rings. The van der Waals surface area contributed by atoms with Gasteiger partial charge in [-0.05, 0) is 17.7 Å². The van der Waals surface area contributed by atoms with Crippen molar-refractivity contribution in [3.63, 3.8) is 0 Å². The Morgan fingerprint density at radius 1 is 1.53 bits per heavy atom. The average Bonchev–Trinajstić information content (AvgIpc) is 2.35. The molecule has 1 unspecified atom stereocenters. The van der Waals surface area contributed by atoms with Gasteiger partial charge in [0.1, 0.15) is 6.04 Å². The monoisotopic (exact) mass is 230 g/mol. The number of benzene rings is 1. The molecule has 1 aliphatic heterocycles. The Hall–Kier alpha value is -2.10. The van der Waals surface area contributed by atoms with Crippen LogP contribution in [0.15, 0.2) is 36.9 Å². The van der Waals surface area contributed by atoms with Gasteiger partial charge in [0, 0.05) is 19.2 Å². The molecule has 88 valence electrons. The molecule has 0 bridgehead atoms. The van der Waals surface area contributed by atoms with Gasteiger partial charge in [-0.15, -0.1) is 0 Å². The van der Waals surface area contributed by atoms with Crippen molar-refractivity contribution in [2.75, 3.05) is 11.9 Å². The maximum Gasteiger partial charge on any atom is 0.249 e. The summed E-state index contributed by atoms with van der Waals surface area (Å²) in [6.07, 6.45) is 1.70. The average molecular weight is 230 g/mol. The number of carbonyl (C=O) groups is 2. The predicted molar refractivity (Wildman–Crippen MR) is 65.7 cm³/mol. The molecule has 4 nitrogen and oxygen atoms in total. The van der Waals surface area contributed by atoms with E-state index in [0.29, 0.717) is 6.42 Å². The Labute approximate surface area is 99.9 Å². The van der Waals surface area contributed by atoms with E-state index in [0.717, 1.165) is 11.3 Å². The molecule has 0 spiro atoms. The van der Waals surface area contributed by atoms with E-state index in [9.17, 15) is 9.59 Å². The molecule has 0 aliphatic carbocycles. The van der Waals surface area contributed by atoms with E-state index >= 15 is 0 Å². The van der Waals surface area contributed by atoms with Gasteiger partial charge < -0.3 is 10.2 Å². The minimum atomic E-state index is -0.500. The number of amides is 2. The molecule has 1 heterocycles. The predicted octanol–water partition coefficient (Wildman–Crippen LogP) is 0.876. The van der Waals surface area contributed by atoms with E-state index in [1.807, 2.05) is 24.3 Å². The second kappa shape index (κ2) is 4.41. The summed E-state index contributed by atoms with van der Waals surface area (Å²) >= 11 is 0. The number of carbonyl (C=O) groups excluding carboxylic acids is 2. The summed E-state index contributed by atoms with van der Waals surface area (Å²) in [6.45, 7) is 3.38. The van der Waals surface area contributed by atoms with Crippen LogP contribution in [0, 0.1) is 0 Å². The van der Waals surface area contributed by atoms with Gasteiger partial charge in [0.05, 0.1) is 0 Å². The molecule has 1 aliphatic rings. The van der Waals surface area contributed by atoms with Gasteiger partial charge in [-0.1, -0.05) is 24.8 Å². The first-order chi connectivity index (χ1) is 8.13. The summed E-state index contributed by atoms with van der Waals surface area (Å²) in [7, 11) is 1.72. The summed E-state index contributed by atoms with van der Waals surface area (Å²) in [5.41, 5.74) is 1.96. The lowest BCUT2D eigenvalue weighted by Gasteiger charge is -2.31. The summed E-state index contributed by atoms with van der Waals surface area (Å²) in [5.74, 6) is -0.421. The van der Waals surface area contributed by atoms with Crippen LogP contribution in [0.5, 0.6) is 0 Å². The zero-order valence-corrected chi connectivity index (χ0v) is 9.64. The van der Waals surface area contributed by atoms with E-state index in [1.54, 1.807) is 11.9 Å². The van der Waals surface area contributed by atoms with E-state index in [4.69, 9.17) is 0 Å². The summed E-state index contributed by atoms with van der Waals surface area (Å²) in [6, 6.07) is 7.19. The first-order valence-electron chi connectivity index (χ1n) is 5.42. The molecule has 1 N–H and O–H groups in total. The minimum Gasteiger partial charge on any atom is -0.340 e. The molecular formula is C13H14N2O2. The van der Waals surface area contributed by atoms with Crippen molar-refractivity contribution in [2.45, 2.75) is 12.5 Å². The molecule has 0 saturated heterocycles. The van der Waals surface area contributed by atoms with Crippen LogP contribution < -0.4 is 10.2 Å². The lowest BCUT2D eigenvalue weighted by atomic mass is 9.97. The fraction of sp³-hybridized carbons (Fsp3) is 0.231. The van der Waals surface area contributed by atoms with Crippen LogP contribution in [0.4, 0.5) is 5.69 Å². The van der Waals surface area contributed by atoms with E-state index in [1.165, 1.54) is 6.08 Å². The molecule has 4 heteroatoms. The summed E-state index contributed by atoms with van der Waals surface area (Å²) < 4.78 is 0. The Morgan fingerprint density at radius 2 is 2.24 bits per heavy atom. The molecule has 2 rings (SSSR count). The van der Waals surface area contributed by atoms with Gasteiger partial charge in [-0.3, -0.25) is 9.59 Å². The molecule has 0 aromatic heterocycles. The van der Waals surface area contributed by atoms with Gasteiger partial charge in [-0.2, -0.15) is 0 Å². The van der Waals surface area contributed by atoms with Crippen molar-refractivity contribution in [3.8, 4) is 0 Å². The molecular weight excluding hydrogens is 216 g/mol. The maximum atomic E-state index is 12.0. The van der Waals surface area contributed by atoms with Gasteiger partial charge in [-0.25, -0.2) is 0 Å². The van der Waals surface area contributed by atoms with E-state index < -0.39 is 6.04 Å². The third kappa shape index (κ3) is 2.06. The van der Waals surface area contributed by atoms with E-state index in [-0.39, 0.29) is 11.8 Å². The quantitative estimate of drug-likeness (QED) is 0.767. The number of nitrogens with one attached hydrogen (secondary N) is 1. The van der Waals surface area contributed by atoms with Crippen molar-refractivity contribution in [2.24, 2.45) is 0 Å². The van der Waals surface area contributed by atoms with Crippen molar-refractivity contribution in [1.82, 2.24) is 5.32 Å². The third-order valence-corrected chi connectivity index (χ3v) is 2.91. The highest BCUT2D eigenvalue weighted by Crippen LogP contribution is 2.26. The van der Waals surface area contributed by atoms with Crippen molar-refractivity contribution >= 4 is 17.5 Å². The number of anilines is 1. The molecule has 17 heavy (non-hydrogen) atoms. The topological polar surface area (TPSA) is 49.4 Å². The number of fused-ring (bicyclic) bond motifs is 1. The molecule has 2 amide bonds. The van der Waals surface area contributed by atoms with Gasteiger partial charge in [0.25, 0.3) is 0 Å². The SMILES string of the molecule is C=CC(=O)NC1Cc2ccccc2N(C)C1=O. The normalized spacial score (nSPS) is 18.5. The fourth-order valence-electron chi connectivity index (χ4n) is 2.01. The zero-order valence-electron chi connectivity index (χ0n) is 9.64. The highest BCUT2D eigenvalue weighted by molar-refractivity contribution is 6.02. The standard InChI is InChI=1S/C13H14N2O2/c1-3-12(16)14-10-8-9-6-4-5-7-11(9)15(2)13(10)17/h3-7,10H,1,8H2,2H3,(H,14,16). The van der Waals surface area contributed by atoms with Gasteiger partial charge >= 0.3 is 0 Å². The van der Waals surface area contributed by atoms with Crippen LogP contribution in [0.3, 0.4) is 0 Å². The van der Waals surface area contributed by atoms with Gasteiger partial charge in [0.15, 0.2) is 0 Å². The highest BCUT2D eigenvalue weighted by Gasteiger charge is 2.30.